The molecule has 0 bridgehead atoms. The van der Waals surface area contributed by atoms with E-state index in [2.05, 4.69) is 22.5 Å². The Morgan fingerprint density at radius 2 is 2.64 bits per heavy atom. The van der Waals surface area contributed by atoms with Gasteiger partial charge in [0.05, 0.1) is 5.01 Å². The van der Waals surface area contributed by atoms with Gasteiger partial charge in [-0.25, -0.2) is 4.98 Å². The van der Waals surface area contributed by atoms with Gasteiger partial charge in [-0.1, -0.05) is 0 Å². The van der Waals surface area contributed by atoms with Crippen LogP contribution in [0.15, 0.2) is 6.20 Å². The van der Waals surface area contributed by atoms with Crippen LogP contribution < -0.4 is 10.6 Å². The molecule has 4 heteroatoms. The summed E-state index contributed by atoms with van der Waals surface area (Å²) in [6.07, 6.45) is 3.29. The van der Waals surface area contributed by atoms with Crippen LogP contribution in [0.4, 0.5) is 0 Å². The van der Waals surface area contributed by atoms with Crippen molar-refractivity contribution in [2.75, 3.05) is 19.6 Å². The molecule has 1 saturated heterocycles. The molecule has 78 valence electrons. The molecule has 2 rings (SSSR count). The van der Waals surface area contributed by atoms with Crippen LogP contribution in [0.25, 0.3) is 0 Å². The zero-order valence-corrected chi connectivity index (χ0v) is 9.36. The second-order valence-corrected chi connectivity index (χ2v) is 5.15. The number of thiazole rings is 1. The standard InChI is InChI=1S/C10H17N3S/c1-8-13-7-10(14-8)6-12-5-9-2-3-11-4-9/h7,9,11-12H,2-6H2,1H3. The minimum absolute atomic E-state index is 0.823. The molecular weight excluding hydrogens is 194 g/mol. The van der Waals surface area contributed by atoms with Gasteiger partial charge >= 0.3 is 0 Å². The van der Waals surface area contributed by atoms with Crippen LogP contribution in [0.5, 0.6) is 0 Å². The first kappa shape index (κ1) is 10.1. The average Bonchev–Trinajstić information content (AvgIpc) is 2.77. The maximum atomic E-state index is 4.23. The lowest BCUT2D eigenvalue weighted by Gasteiger charge is -2.08. The molecule has 0 aliphatic carbocycles. The van der Waals surface area contributed by atoms with E-state index >= 15 is 0 Å². The molecule has 1 atom stereocenters. The smallest absolute Gasteiger partial charge is 0.0897 e. The van der Waals surface area contributed by atoms with Crippen molar-refractivity contribution in [1.82, 2.24) is 15.6 Å². The van der Waals surface area contributed by atoms with Gasteiger partial charge in [-0.15, -0.1) is 11.3 Å². The van der Waals surface area contributed by atoms with Gasteiger partial charge in [0.25, 0.3) is 0 Å². The monoisotopic (exact) mass is 211 g/mol. The molecule has 14 heavy (non-hydrogen) atoms. The Labute approximate surface area is 88.9 Å². The molecule has 0 spiro atoms. The van der Waals surface area contributed by atoms with Crippen molar-refractivity contribution in [3.05, 3.63) is 16.1 Å². The van der Waals surface area contributed by atoms with Gasteiger partial charge in [0.1, 0.15) is 0 Å². The van der Waals surface area contributed by atoms with Gasteiger partial charge in [0.15, 0.2) is 0 Å². The maximum absolute atomic E-state index is 4.23. The van der Waals surface area contributed by atoms with Crippen molar-refractivity contribution in [3.63, 3.8) is 0 Å². The summed E-state index contributed by atoms with van der Waals surface area (Å²) in [5.41, 5.74) is 0. The van der Waals surface area contributed by atoms with Crippen LogP contribution in [0.1, 0.15) is 16.3 Å². The molecule has 0 radical (unpaired) electrons. The van der Waals surface area contributed by atoms with Crippen molar-refractivity contribution in [2.24, 2.45) is 5.92 Å². The Kier molecular flexibility index (Phi) is 3.50. The van der Waals surface area contributed by atoms with Crippen LogP contribution in [0, 0.1) is 12.8 Å². The number of aromatic nitrogens is 1. The molecule has 2 N–H and O–H groups in total. The lowest BCUT2D eigenvalue weighted by Crippen LogP contribution is -2.23. The highest BCUT2D eigenvalue weighted by Gasteiger charge is 2.13. The predicted octanol–water partition coefficient (Wildman–Crippen LogP) is 1.15. The average molecular weight is 211 g/mol. The third-order valence-corrected chi connectivity index (χ3v) is 3.48. The number of nitrogens with zero attached hydrogens (tertiary/aromatic N) is 1. The highest BCUT2D eigenvalue weighted by molar-refractivity contribution is 7.11. The predicted molar refractivity (Wildman–Crippen MR) is 59.5 cm³/mol. The molecule has 1 aromatic rings. The maximum Gasteiger partial charge on any atom is 0.0897 e. The fraction of sp³-hybridized carbons (Fsp3) is 0.700. The summed E-state index contributed by atoms with van der Waals surface area (Å²) in [6.45, 7) is 6.52. The van der Waals surface area contributed by atoms with E-state index in [9.17, 15) is 0 Å². The molecule has 0 saturated carbocycles. The lowest BCUT2D eigenvalue weighted by atomic mass is 10.1. The number of aryl methyl sites for hydroxylation is 1. The van der Waals surface area contributed by atoms with Crippen LogP contribution in [0.3, 0.4) is 0 Å². The molecule has 0 aromatic carbocycles. The SMILES string of the molecule is Cc1ncc(CNCC2CCNC2)s1. The number of rotatable bonds is 4. The van der Waals surface area contributed by atoms with E-state index in [1.54, 1.807) is 11.3 Å². The molecule has 1 aliphatic rings. The van der Waals surface area contributed by atoms with Gasteiger partial charge in [-0.3, -0.25) is 0 Å². The third-order valence-electron chi connectivity index (χ3n) is 2.56. The van der Waals surface area contributed by atoms with Gasteiger partial charge < -0.3 is 10.6 Å². The van der Waals surface area contributed by atoms with Crippen molar-refractivity contribution in [3.8, 4) is 0 Å². The van der Waals surface area contributed by atoms with Crippen molar-refractivity contribution < 1.29 is 0 Å². The van der Waals surface area contributed by atoms with Gasteiger partial charge in [0, 0.05) is 17.6 Å². The topological polar surface area (TPSA) is 37.0 Å². The molecule has 2 heterocycles. The Morgan fingerprint density at radius 3 is 3.29 bits per heavy atom. The Hall–Kier alpha value is -0.450. The van der Waals surface area contributed by atoms with Crippen molar-refractivity contribution in [1.29, 1.82) is 0 Å². The zero-order chi connectivity index (χ0) is 9.80. The first-order valence-electron chi connectivity index (χ1n) is 5.17. The summed E-state index contributed by atoms with van der Waals surface area (Å²) >= 11 is 1.78. The lowest BCUT2D eigenvalue weighted by molar-refractivity contribution is 0.514. The summed E-state index contributed by atoms with van der Waals surface area (Å²) in [6, 6.07) is 0. The normalized spacial score (nSPS) is 21.6. The zero-order valence-electron chi connectivity index (χ0n) is 8.55. The largest absolute Gasteiger partial charge is 0.316 e. The summed E-state index contributed by atoms with van der Waals surface area (Å²) in [7, 11) is 0. The molecule has 1 aromatic heterocycles. The molecule has 1 fully saturated rings. The van der Waals surface area contributed by atoms with E-state index in [1.807, 2.05) is 6.20 Å². The first-order chi connectivity index (χ1) is 6.84. The molecule has 3 nitrogen and oxygen atoms in total. The fourth-order valence-corrected chi connectivity index (χ4v) is 2.54. The van der Waals surface area contributed by atoms with E-state index in [0.717, 1.165) is 24.0 Å². The Morgan fingerprint density at radius 1 is 1.71 bits per heavy atom. The van der Waals surface area contributed by atoms with E-state index in [0.29, 0.717) is 0 Å². The molecular formula is C10H17N3S. The first-order valence-corrected chi connectivity index (χ1v) is 5.99. The van der Waals surface area contributed by atoms with Gasteiger partial charge in [-0.2, -0.15) is 0 Å². The summed E-state index contributed by atoms with van der Waals surface area (Å²) in [4.78, 5) is 5.57. The van der Waals surface area contributed by atoms with E-state index in [4.69, 9.17) is 0 Å². The summed E-state index contributed by atoms with van der Waals surface area (Å²) in [5, 5.41) is 8.02. The van der Waals surface area contributed by atoms with E-state index < -0.39 is 0 Å². The van der Waals surface area contributed by atoms with Gasteiger partial charge in [-0.05, 0) is 38.9 Å². The Bertz CT molecular complexity index is 279. The van der Waals surface area contributed by atoms with Gasteiger partial charge in [0.2, 0.25) is 0 Å². The Balaban J connectivity index is 1.67. The number of hydrogen-bond acceptors (Lipinski definition) is 4. The minimum atomic E-state index is 0.823. The highest BCUT2D eigenvalue weighted by atomic mass is 32.1. The molecule has 1 aliphatic heterocycles. The third kappa shape index (κ3) is 2.77. The summed E-state index contributed by atoms with van der Waals surface area (Å²) < 4.78 is 0. The fourth-order valence-electron chi connectivity index (χ4n) is 1.78. The number of hydrogen-bond donors (Lipinski definition) is 2. The molecule has 1 unspecified atom stereocenters. The van der Waals surface area contributed by atoms with Crippen LogP contribution in [0.2, 0.25) is 0 Å². The molecule has 0 amide bonds. The van der Waals surface area contributed by atoms with E-state index in [1.165, 1.54) is 24.4 Å². The van der Waals surface area contributed by atoms with E-state index in [-0.39, 0.29) is 0 Å². The second kappa shape index (κ2) is 4.87. The number of nitrogens with one attached hydrogen (secondary N) is 2. The summed E-state index contributed by atoms with van der Waals surface area (Å²) in [5.74, 6) is 0.823. The van der Waals surface area contributed by atoms with Crippen LogP contribution >= 0.6 is 11.3 Å². The van der Waals surface area contributed by atoms with Crippen LogP contribution in [-0.4, -0.2) is 24.6 Å². The van der Waals surface area contributed by atoms with Crippen LogP contribution in [-0.2, 0) is 6.54 Å². The highest BCUT2D eigenvalue weighted by Crippen LogP contribution is 2.11. The minimum Gasteiger partial charge on any atom is -0.316 e. The second-order valence-electron chi connectivity index (χ2n) is 3.84. The van der Waals surface area contributed by atoms with Crippen molar-refractivity contribution in [2.45, 2.75) is 19.9 Å². The van der Waals surface area contributed by atoms with Crippen molar-refractivity contribution >= 4 is 11.3 Å². The quantitative estimate of drug-likeness (QED) is 0.784.